The minimum absolute atomic E-state index is 0.00729. The molecular weight excluding hydrogens is 501 g/mol. The lowest BCUT2D eigenvalue weighted by atomic mass is 9.96. The quantitative estimate of drug-likeness (QED) is 0.422. The molecule has 1 saturated heterocycles. The predicted molar refractivity (Wildman–Crippen MR) is 140 cm³/mol. The topological polar surface area (TPSA) is 109 Å². The fourth-order valence-corrected chi connectivity index (χ4v) is 4.52. The van der Waals surface area contributed by atoms with Gasteiger partial charge in [0.05, 0.1) is 36.6 Å². The van der Waals surface area contributed by atoms with Crippen molar-refractivity contribution < 1.29 is 23.8 Å². The Hall–Kier alpha value is -3.37. The molecule has 9 nitrogen and oxygen atoms in total. The molecule has 1 aliphatic carbocycles. The van der Waals surface area contributed by atoms with Gasteiger partial charge in [0.1, 0.15) is 12.1 Å². The molecule has 1 aliphatic heterocycles. The van der Waals surface area contributed by atoms with E-state index in [1.165, 1.54) is 44.8 Å². The van der Waals surface area contributed by atoms with Crippen molar-refractivity contribution in [2.45, 2.75) is 38.1 Å². The van der Waals surface area contributed by atoms with Crippen molar-refractivity contribution in [3.8, 4) is 11.5 Å². The highest BCUT2D eigenvalue weighted by Gasteiger charge is 2.21. The Morgan fingerprint density at radius 1 is 1.19 bits per heavy atom. The third-order valence-electron chi connectivity index (χ3n) is 6.37. The van der Waals surface area contributed by atoms with Gasteiger partial charge in [-0.15, -0.1) is 0 Å². The highest BCUT2D eigenvalue weighted by molar-refractivity contribution is 6.31. The van der Waals surface area contributed by atoms with Crippen molar-refractivity contribution in [1.82, 2.24) is 20.2 Å². The number of hydrogen-bond donors (Lipinski definition) is 3. The smallest absolute Gasteiger partial charge is 0.317 e. The summed E-state index contributed by atoms with van der Waals surface area (Å²) >= 11 is 5.76. The number of urea groups is 1. The molecule has 1 aromatic heterocycles. The molecule has 5 rings (SSSR count). The van der Waals surface area contributed by atoms with E-state index in [9.17, 15) is 14.3 Å². The number of halogens is 2. The van der Waals surface area contributed by atoms with Crippen molar-refractivity contribution in [1.29, 1.82) is 0 Å². The molecule has 2 heterocycles. The molecule has 2 aliphatic rings. The molecule has 0 spiro atoms. The summed E-state index contributed by atoms with van der Waals surface area (Å²) in [5.74, 6) is 0.0169. The van der Waals surface area contributed by atoms with Crippen molar-refractivity contribution in [3.63, 3.8) is 0 Å². The monoisotopic (exact) mass is 531 g/mol. The van der Waals surface area contributed by atoms with Crippen LogP contribution in [-0.2, 0) is 4.74 Å². The van der Waals surface area contributed by atoms with Crippen LogP contribution in [0.1, 0.15) is 32.1 Å². The van der Waals surface area contributed by atoms with Crippen LogP contribution in [0.2, 0.25) is 5.02 Å². The number of rotatable bonds is 4. The number of morpholine rings is 1. The molecule has 2 aromatic carbocycles. The van der Waals surface area contributed by atoms with E-state index in [4.69, 9.17) is 21.1 Å². The summed E-state index contributed by atoms with van der Waals surface area (Å²) < 4.78 is 24.2. The van der Waals surface area contributed by atoms with Crippen molar-refractivity contribution >= 4 is 40.0 Å². The van der Waals surface area contributed by atoms with Crippen LogP contribution in [0.25, 0.3) is 10.9 Å². The number of fused-ring (bicyclic) bond motifs is 1. The average Bonchev–Trinajstić information content (AvgIpc) is 2.92. The highest BCUT2D eigenvalue weighted by atomic mass is 35.5. The molecule has 0 bridgehead atoms. The Morgan fingerprint density at radius 3 is 2.68 bits per heavy atom. The molecule has 0 unspecified atom stereocenters. The van der Waals surface area contributed by atoms with Crippen molar-refractivity contribution in [3.05, 3.63) is 47.5 Å². The van der Waals surface area contributed by atoms with Crippen LogP contribution < -0.4 is 15.4 Å². The number of benzene rings is 2. The molecule has 11 heteroatoms. The number of anilines is 2. The zero-order chi connectivity index (χ0) is 26.2. The fourth-order valence-electron chi connectivity index (χ4n) is 4.34. The highest BCUT2D eigenvalue weighted by Crippen LogP contribution is 2.34. The second kappa shape index (κ2) is 12.7. The number of methoxy groups -OCH3 is 1. The van der Waals surface area contributed by atoms with E-state index in [1.54, 1.807) is 18.2 Å². The Morgan fingerprint density at radius 2 is 1.95 bits per heavy atom. The second-order valence-electron chi connectivity index (χ2n) is 8.87. The number of aromatic hydroxyl groups is 1. The van der Waals surface area contributed by atoms with Crippen LogP contribution in [-0.4, -0.2) is 65.5 Å². The largest absolute Gasteiger partial charge is 0.504 e. The minimum Gasteiger partial charge on any atom is -0.504 e. The number of aromatic nitrogens is 2. The number of ether oxygens (including phenoxy) is 2. The van der Waals surface area contributed by atoms with E-state index >= 15 is 0 Å². The lowest BCUT2D eigenvalue weighted by Crippen LogP contribution is -2.49. The number of nitrogens with zero attached hydrogens (tertiary/aromatic N) is 3. The normalized spacial score (nSPS) is 16.0. The van der Waals surface area contributed by atoms with E-state index in [2.05, 4.69) is 20.6 Å². The molecule has 198 valence electrons. The first-order chi connectivity index (χ1) is 18.0. The summed E-state index contributed by atoms with van der Waals surface area (Å²) in [4.78, 5) is 21.9. The van der Waals surface area contributed by atoms with E-state index < -0.39 is 5.82 Å². The zero-order valence-corrected chi connectivity index (χ0v) is 21.4. The number of phenols is 1. The van der Waals surface area contributed by atoms with Crippen LogP contribution in [0.15, 0.2) is 36.7 Å². The first-order valence-electron chi connectivity index (χ1n) is 12.3. The Bertz CT molecular complexity index is 1220. The Balaban J connectivity index is 0.000000186. The molecule has 0 atom stereocenters. The standard InChI is InChI=1S/C15H11ClFN3O2.C11H20N2O2/c1-22-13-6-11-8(5-12(13)21)15(19-7-18-11)20-10-4-2-3-9(16)14(10)17;14-11(13-6-8-15-9-7-13)12-10-4-2-1-3-5-10/h2-7,21H,1H3,(H,18,19,20);10H,1-9H2,(H,12,14). The van der Waals surface area contributed by atoms with Gasteiger partial charge in [0, 0.05) is 30.6 Å². The van der Waals surface area contributed by atoms with Gasteiger partial charge in [-0.05, 0) is 31.0 Å². The van der Waals surface area contributed by atoms with E-state index in [0.29, 0.717) is 41.7 Å². The minimum atomic E-state index is -0.575. The van der Waals surface area contributed by atoms with Gasteiger partial charge < -0.3 is 30.1 Å². The summed E-state index contributed by atoms with van der Waals surface area (Å²) in [6, 6.07) is 8.16. The zero-order valence-electron chi connectivity index (χ0n) is 20.7. The number of nitrogens with one attached hydrogen (secondary N) is 2. The van der Waals surface area contributed by atoms with Gasteiger partial charge in [0.15, 0.2) is 17.3 Å². The predicted octanol–water partition coefficient (Wildman–Crippen LogP) is 5.24. The molecule has 1 saturated carbocycles. The molecule has 2 fully saturated rings. The first-order valence-corrected chi connectivity index (χ1v) is 12.7. The number of phenolic OH excluding ortho intramolecular Hbond substituents is 1. The molecule has 37 heavy (non-hydrogen) atoms. The third kappa shape index (κ3) is 6.90. The van der Waals surface area contributed by atoms with Crippen LogP contribution in [0.5, 0.6) is 11.5 Å². The lowest BCUT2D eigenvalue weighted by Gasteiger charge is -2.30. The maximum absolute atomic E-state index is 14.0. The average molecular weight is 532 g/mol. The van der Waals surface area contributed by atoms with Crippen molar-refractivity contribution in [2.24, 2.45) is 0 Å². The molecule has 2 amide bonds. The maximum atomic E-state index is 14.0. The van der Waals surface area contributed by atoms with Gasteiger partial charge in [-0.25, -0.2) is 19.2 Å². The van der Waals surface area contributed by atoms with Crippen molar-refractivity contribution in [2.75, 3.05) is 38.7 Å². The van der Waals surface area contributed by atoms with Gasteiger partial charge in [-0.3, -0.25) is 0 Å². The third-order valence-corrected chi connectivity index (χ3v) is 6.66. The fraction of sp³-hybridized carbons (Fsp3) is 0.423. The van der Waals surface area contributed by atoms with Crippen LogP contribution >= 0.6 is 11.6 Å². The molecule has 3 N–H and O–H groups in total. The van der Waals surface area contributed by atoms with E-state index in [0.717, 1.165) is 25.9 Å². The van der Waals surface area contributed by atoms with Gasteiger partial charge in [0.25, 0.3) is 0 Å². The number of amides is 2. The lowest BCUT2D eigenvalue weighted by molar-refractivity contribution is 0.0521. The first kappa shape index (κ1) is 26.7. The molecular formula is C26H31ClFN5O4. The molecule has 3 aromatic rings. The van der Waals surface area contributed by atoms with Gasteiger partial charge in [-0.1, -0.05) is 36.9 Å². The summed E-state index contributed by atoms with van der Waals surface area (Å²) in [6.45, 7) is 2.83. The maximum Gasteiger partial charge on any atom is 0.317 e. The van der Waals surface area contributed by atoms with E-state index in [-0.39, 0.29) is 22.5 Å². The second-order valence-corrected chi connectivity index (χ2v) is 9.28. The SMILES string of the molecule is COc1cc2ncnc(Nc3cccc(Cl)c3F)c2cc1O.O=C(NC1CCCCC1)N1CCOCC1. The number of hydrogen-bond acceptors (Lipinski definition) is 7. The van der Waals surface area contributed by atoms with Gasteiger partial charge in [-0.2, -0.15) is 0 Å². The number of carbonyl (C=O) groups excluding carboxylic acids is 1. The van der Waals surface area contributed by atoms with Crippen LogP contribution in [0, 0.1) is 5.82 Å². The van der Waals surface area contributed by atoms with Gasteiger partial charge >= 0.3 is 6.03 Å². The number of carbonyl (C=O) groups is 1. The van der Waals surface area contributed by atoms with E-state index in [1.807, 2.05) is 4.90 Å². The summed E-state index contributed by atoms with van der Waals surface area (Å²) in [5.41, 5.74) is 0.734. The summed E-state index contributed by atoms with van der Waals surface area (Å²) in [6.07, 6.45) is 7.47. The summed E-state index contributed by atoms with van der Waals surface area (Å²) in [7, 11) is 1.45. The Kier molecular flexibility index (Phi) is 9.19. The van der Waals surface area contributed by atoms with Crippen LogP contribution in [0.3, 0.4) is 0 Å². The van der Waals surface area contributed by atoms with Gasteiger partial charge in [0.2, 0.25) is 0 Å². The Labute approximate surface area is 219 Å². The molecule has 0 radical (unpaired) electrons. The van der Waals surface area contributed by atoms with Crippen LogP contribution in [0.4, 0.5) is 20.7 Å². The summed E-state index contributed by atoms with van der Waals surface area (Å²) in [5, 5.41) is 16.4.